The van der Waals surface area contributed by atoms with Crippen molar-refractivity contribution in [2.75, 3.05) is 6.61 Å². The van der Waals surface area contributed by atoms with E-state index in [0.29, 0.717) is 23.6 Å². The molecule has 0 saturated heterocycles. The van der Waals surface area contributed by atoms with Gasteiger partial charge in [-0.2, -0.15) is 0 Å². The molecule has 14 heavy (non-hydrogen) atoms. The van der Waals surface area contributed by atoms with Crippen LogP contribution in [0.2, 0.25) is 0 Å². The molecule has 0 aliphatic rings. The summed E-state index contributed by atoms with van der Waals surface area (Å²) in [5, 5.41) is 3.80. The van der Waals surface area contributed by atoms with Crippen molar-refractivity contribution in [3.8, 4) is 0 Å². The number of aromatic nitrogens is 1. The lowest BCUT2D eigenvalue weighted by Gasteiger charge is -2.03. The first-order valence-corrected chi connectivity index (χ1v) is 5.26. The fraction of sp³-hybridized carbons (Fsp3) is 0.556. The lowest BCUT2D eigenvalue weighted by molar-refractivity contribution is 0.0523. The SMILES string of the molecule is CCOC(=O)c1c(C(C)Br)noc1C. The molecule has 0 aliphatic heterocycles. The molecule has 5 heteroatoms. The summed E-state index contributed by atoms with van der Waals surface area (Å²) in [7, 11) is 0. The molecule has 78 valence electrons. The van der Waals surface area contributed by atoms with E-state index in [9.17, 15) is 4.79 Å². The van der Waals surface area contributed by atoms with Crippen molar-refractivity contribution in [1.82, 2.24) is 5.16 Å². The third-order valence-electron chi connectivity index (χ3n) is 1.75. The summed E-state index contributed by atoms with van der Waals surface area (Å²) >= 11 is 3.34. The summed E-state index contributed by atoms with van der Waals surface area (Å²) in [5.41, 5.74) is 1.01. The van der Waals surface area contributed by atoms with E-state index in [1.165, 1.54) is 0 Å². The Morgan fingerprint density at radius 3 is 2.86 bits per heavy atom. The Labute approximate surface area is 90.7 Å². The van der Waals surface area contributed by atoms with E-state index in [1.54, 1.807) is 13.8 Å². The second-order valence-corrected chi connectivity index (χ2v) is 4.21. The maximum absolute atomic E-state index is 11.5. The second-order valence-electron chi connectivity index (χ2n) is 2.84. The van der Waals surface area contributed by atoms with Crippen LogP contribution in [-0.2, 0) is 4.74 Å². The van der Waals surface area contributed by atoms with Gasteiger partial charge in [0.05, 0.1) is 11.4 Å². The van der Waals surface area contributed by atoms with Crippen molar-refractivity contribution in [2.24, 2.45) is 0 Å². The molecule has 1 atom stereocenters. The van der Waals surface area contributed by atoms with E-state index in [1.807, 2.05) is 6.92 Å². The van der Waals surface area contributed by atoms with Crippen LogP contribution in [0.1, 0.15) is 40.5 Å². The number of carbonyl (C=O) groups is 1. The molecule has 0 radical (unpaired) electrons. The highest BCUT2D eigenvalue weighted by Crippen LogP contribution is 2.26. The third-order valence-corrected chi connectivity index (χ3v) is 2.18. The first-order chi connectivity index (χ1) is 6.57. The van der Waals surface area contributed by atoms with Gasteiger partial charge in [0.2, 0.25) is 0 Å². The maximum atomic E-state index is 11.5. The topological polar surface area (TPSA) is 52.3 Å². The summed E-state index contributed by atoms with van der Waals surface area (Å²) in [5.74, 6) is 0.109. The molecule has 4 nitrogen and oxygen atoms in total. The van der Waals surface area contributed by atoms with Gasteiger partial charge in [-0.15, -0.1) is 0 Å². The summed E-state index contributed by atoms with van der Waals surface area (Å²) in [6.07, 6.45) is 0. The largest absolute Gasteiger partial charge is 0.462 e. The number of aryl methyl sites for hydroxylation is 1. The van der Waals surface area contributed by atoms with Crippen molar-refractivity contribution in [3.05, 3.63) is 17.0 Å². The number of carbonyl (C=O) groups excluding carboxylic acids is 1. The first kappa shape index (κ1) is 11.2. The second kappa shape index (κ2) is 4.59. The molecule has 0 aliphatic carbocycles. The zero-order valence-electron chi connectivity index (χ0n) is 8.33. The van der Waals surface area contributed by atoms with Crippen LogP contribution in [0.4, 0.5) is 0 Å². The Hall–Kier alpha value is -0.840. The maximum Gasteiger partial charge on any atom is 0.343 e. The van der Waals surface area contributed by atoms with Crippen molar-refractivity contribution in [1.29, 1.82) is 0 Å². The number of alkyl halides is 1. The zero-order chi connectivity index (χ0) is 10.7. The fourth-order valence-electron chi connectivity index (χ4n) is 1.11. The Bertz CT molecular complexity index is 333. The molecule has 0 aromatic carbocycles. The van der Waals surface area contributed by atoms with Gasteiger partial charge in [-0.25, -0.2) is 4.79 Å². The predicted octanol–water partition coefficient (Wildman–Crippen LogP) is 2.62. The number of rotatable bonds is 3. The molecule has 0 bridgehead atoms. The predicted molar refractivity (Wildman–Crippen MR) is 54.5 cm³/mol. The van der Waals surface area contributed by atoms with Gasteiger partial charge in [-0.3, -0.25) is 0 Å². The fourth-order valence-corrected chi connectivity index (χ4v) is 1.42. The average Bonchev–Trinajstić information content (AvgIpc) is 2.47. The molecule has 0 N–H and O–H groups in total. The van der Waals surface area contributed by atoms with Crippen LogP contribution in [0.15, 0.2) is 4.52 Å². The molecule has 1 heterocycles. The molecule has 0 spiro atoms. The molecule has 0 fully saturated rings. The summed E-state index contributed by atoms with van der Waals surface area (Å²) in [6, 6.07) is 0. The molecule has 1 rings (SSSR count). The lowest BCUT2D eigenvalue weighted by Crippen LogP contribution is -2.08. The van der Waals surface area contributed by atoms with Crippen molar-refractivity contribution in [3.63, 3.8) is 0 Å². The van der Waals surface area contributed by atoms with Gasteiger partial charge in [0.25, 0.3) is 0 Å². The Morgan fingerprint density at radius 2 is 2.36 bits per heavy atom. The Kier molecular flexibility index (Phi) is 3.69. The normalized spacial score (nSPS) is 12.6. The van der Waals surface area contributed by atoms with Crippen LogP contribution in [0.5, 0.6) is 0 Å². The van der Waals surface area contributed by atoms with E-state index in [-0.39, 0.29) is 10.8 Å². The molecule has 1 aromatic heterocycles. The van der Waals surface area contributed by atoms with Gasteiger partial charge in [-0.05, 0) is 20.8 Å². The summed E-state index contributed by atoms with van der Waals surface area (Å²) < 4.78 is 9.84. The van der Waals surface area contributed by atoms with Crippen LogP contribution >= 0.6 is 15.9 Å². The van der Waals surface area contributed by atoms with E-state index in [4.69, 9.17) is 9.26 Å². The monoisotopic (exact) mass is 261 g/mol. The van der Waals surface area contributed by atoms with Gasteiger partial charge in [0, 0.05) is 0 Å². The number of ether oxygens (including phenoxy) is 1. The first-order valence-electron chi connectivity index (χ1n) is 4.35. The van der Waals surface area contributed by atoms with Gasteiger partial charge in [-0.1, -0.05) is 21.1 Å². The minimum absolute atomic E-state index is 0.0284. The quantitative estimate of drug-likeness (QED) is 0.620. The highest BCUT2D eigenvalue weighted by molar-refractivity contribution is 9.09. The highest BCUT2D eigenvalue weighted by Gasteiger charge is 2.23. The van der Waals surface area contributed by atoms with E-state index >= 15 is 0 Å². The Morgan fingerprint density at radius 1 is 1.71 bits per heavy atom. The minimum atomic E-state index is -0.382. The van der Waals surface area contributed by atoms with Crippen LogP contribution in [-0.4, -0.2) is 17.7 Å². The third kappa shape index (κ3) is 2.15. The molecular weight excluding hydrogens is 250 g/mol. The van der Waals surface area contributed by atoms with Gasteiger partial charge < -0.3 is 9.26 Å². The standard InChI is InChI=1S/C9H12BrNO3/c1-4-13-9(12)7-6(3)14-11-8(7)5(2)10/h5H,4H2,1-3H3. The van der Waals surface area contributed by atoms with E-state index < -0.39 is 0 Å². The van der Waals surface area contributed by atoms with Gasteiger partial charge in [0.15, 0.2) is 0 Å². The molecular formula is C9H12BrNO3. The summed E-state index contributed by atoms with van der Waals surface area (Å²) in [6.45, 7) is 5.68. The van der Waals surface area contributed by atoms with Crippen molar-refractivity contribution >= 4 is 21.9 Å². The lowest BCUT2D eigenvalue weighted by atomic mass is 10.1. The molecule has 0 saturated carbocycles. The zero-order valence-corrected chi connectivity index (χ0v) is 9.92. The number of nitrogens with zero attached hydrogens (tertiary/aromatic N) is 1. The van der Waals surface area contributed by atoms with Crippen LogP contribution in [0.3, 0.4) is 0 Å². The van der Waals surface area contributed by atoms with E-state index in [2.05, 4.69) is 21.1 Å². The summed E-state index contributed by atoms with van der Waals surface area (Å²) in [4.78, 5) is 11.5. The minimum Gasteiger partial charge on any atom is -0.462 e. The smallest absolute Gasteiger partial charge is 0.343 e. The average molecular weight is 262 g/mol. The molecule has 1 aromatic rings. The number of halogens is 1. The van der Waals surface area contributed by atoms with Crippen molar-refractivity contribution < 1.29 is 14.1 Å². The van der Waals surface area contributed by atoms with Gasteiger partial charge >= 0.3 is 5.97 Å². The Balaban J connectivity index is 3.04. The number of hydrogen-bond donors (Lipinski definition) is 0. The number of esters is 1. The van der Waals surface area contributed by atoms with Crippen LogP contribution < -0.4 is 0 Å². The highest BCUT2D eigenvalue weighted by atomic mass is 79.9. The molecule has 1 unspecified atom stereocenters. The van der Waals surface area contributed by atoms with Gasteiger partial charge in [0.1, 0.15) is 17.0 Å². The molecule has 0 amide bonds. The number of hydrogen-bond acceptors (Lipinski definition) is 4. The van der Waals surface area contributed by atoms with Crippen LogP contribution in [0.25, 0.3) is 0 Å². The van der Waals surface area contributed by atoms with Crippen LogP contribution in [0, 0.1) is 6.92 Å². The van der Waals surface area contributed by atoms with E-state index in [0.717, 1.165) is 0 Å². The van der Waals surface area contributed by atoms with Crippen molar-refractivity contribution in [2.45, 2.75) is 25.6 Å².